The van der Waals surface area contributed by atoms with Crippen LogP contribution in [0.1, 0.15) is 20.8 Å². The minimum absolute atomic E-state index is 0.106. The van der Waals surface area contributed by atoms with Gasteiger partial charge < -0.3 is 15.4 Å². The maximum Gasteiger partial charge on any atom is 0.244 e. The first-order valence-corrected chi connectivity index (χ1v) is 5.59. The van der Waals surface area contributed by atoms with Gasteiger partial charge in [0.1, 0.15) is 0 Å². The van der Waals surface area contributed by atoms with E-state index in [1.165, 1.54) is 0 Å². The number of nitrogens with one attached hydrogen (secondary N) is 2. The molecule has 0 unspecified atom stereocenters. The van der Waals surface area contributed by atoms with Crippen LogP contribution in [0, 0.1) is 0 Å². The molecule has 0 spiro atoms. The van der Waals surface area contributed by atoms with Crippen molar-refractivity contribution in [1.82, 2.24) is 10.3 Å². The first kappa shape index (κ1) is 13.4. The van der Waals surface area contributed by atoms with E-state index in [2.05, 4.69) is 15.6 Å². The van der Waals surface area contributed by atoms with E-state index in [4.69, 9.17) is 4.74 Å². The fourth-order valence-electron chi connectivity index (χ4n) is 1.09. The zero-order chi connectivity index (χ0) is 12.9. The van der Waals surface area contributed by atoms with Crippen molar-refractivity contribution < 1.29 is 9.53 Å². The van der Waals surface area contributed by atoms with Crippen molar-refractivity contribution in [2.45, 2.75) is 26.3 Å². The summed E-state index contributed by atoms with van der Waals surface area (Å²) in [6.07, 6.45) is 1.58. The number of carbonyl (C=O) groups is 1. The Bertz CT molecular complexity index is 374. The highest BCUT2D eigenvalue weighted by atomic mass is 16.5. The topological polar surface area (TPSA) is 63.2 Å². The molecule has 0 aliphatic carbocycles. The van der Waals surface area contributed by atoms with E-state index in [0.29, 0.717) is 18.2 Å². The Kier molecular flexibility index (Phi) is 4.45. The second-order valence-electron chi connectivity index (χ2n) is 4.15. The molecule has 2 N–H and O–H groups in total. The molecular formula is C12H19N3O2. The SMILES string of the molecule is CCOc1ccc(NC(=O)C(C)(C)NC)cn1. The zero-order valence-corrected chi connectivity index (χ0v) is 10.7. The molecule has 1 heterocycles. The highest BCUT2D eigenvalue weighted by Crippen LogP contribution is 2.13. The summed E-state index contributed by atoms with van der Waals surface area (Å²) >= 11 is 0. The van der Waals surface area contributed by atoms with Gasteiger partial charge >= 0.3 is 0 Å². The summed E-state index contributed by atoms with van der Waals surface area (Å²) in [5.41, 5.74) is 0.0419. The Morgan fingerprint density at radius 1 is 1.47 bits per heavy atom. The van der Waals surface area contributed by atoms with Crippen molar-refractivity contribution in [2.24, 2.45) is 0 Å². The Morgan fingerprint density at radius 2 is 2.18 bits per heavy atom. The Morgan fingerprint density at radius 3 is 2.65 bits per heavy atom. The average Bonchev–Trinajstić information content (AvgIpc) is 2.32. The van der Waals surface area contributed by atoms with Crippen LogP contribution in [0.25, 0.3) is 0 Å². The standard InChI is InChI=1S/C12H19N3O2/c1-5-17-10-7-6-9(8-14-10)15-11(16)12(2,3)13-4/h6-8,13H,5H2,1-4H3,(H,15,16). The molecule has 0 fully saturated rings. The molecule has 1 amide bonds. The van der Waals surface area contributed by atoms with Crippen LogP contribution in [-0.4, -0.2) is 30.1 Å². The molecule has 94 valence electrons. The fraction of sp³-hybridized carbons (Fsp3) is 0.500. The molecule has 1 aromatic rings. The highest BCUT2D eigenvalue weighted by molar-refractivity contribution is 5.97. The Labute approximate surface area is 102 Å². The molecule has 1 aromatic heterocycles. The van der Waals surface area contributed by atoms with Crippen LogP contribution in [0.5, 0.6) is 5.88 Å². The van der Waals surface area contributed by atoms with E-state index < -0.39 is 5.54 Å². The van der Waals surface area contributed by atoms with Crippen molar-refractivity contribution in [3.63, 3.8) is 0 Å². The molecule has 5 heteroatoms. The van der Waals surface area contributed by atoms with Crippen LogP contribution < -0.4 is 15.4 Å². The van der Waals surface area contributed by atoms with Crippen molar-refractivity contribution in [2.75, 3.05) is 19.0 Å². The Balaban J connectivity index is 2.66. The number of hydrogen-bond donors (Lipinski definition) is 2. The summed E-state index contributed by atoms with van der Waals surface area (Å²) < 4.78 is 5.22. The molecule has 0 radical (unpaired) electrons. The number of carbonyl (C=O) groups excluding carboxylic acids is 1. The highest BCUT2D eigenvalue weighted by Gasteiger charge is 2.25. The van der Waals surface area contributed by atoms with E-state index in [1.54, 1.807) is 25.4 Å². The van der Waals surface area contributed by atoms with Crippen LogP contribution in [0.4, 0.5) is 5.69 Å². The predicted molar refractivity (Wildman–Crippen MR) is 67.2 cm³/mol. The number of ether oxygens (including phenoxy) is 1. The van der Waals surface area contributed by atoms with Gasteiger partial charge in [-0.3, -0.25) is 4.79 Å². The third-order valence-electron chi connectivity index (χ3n) is 2.48. The molecule has 1 rings (SSSR count). The average molecular weight is 237 g/mol. The maximum atomic E-state index is 11.8. The normalized spacial score (nSPS) is 11.1. The number of hydrogen-bond acceptors (Lipinski definition) is 4. The molecule has 0 saturated heterocycles. The minimum atomic E-state index is -0.613. The van der Waals surface area contributed by atoms with Crippen LogP contribution in [0.15, 0.2) is 18.3 Å². The van der Waals surface area contributed by atoms with Gasteiger partial charge in [-0.1, -0.05) is 0 Å². The fourth-order valence-corrected chi connectivity index (χ4v) is 1.09. The van der Waals surface area contributed by atoms with Crippen LogP contribution in [0.2, 0.25) is 0 Å². The van der Waals surface area contributed by atoms with Crippen LogP contribution in [-0.2, 0) is 4.79 Å². The number of amides is 1. The van der Waals surface area contributed by atoms with Gasteiger partial charge in [-0.05, 0) is 33.9 Å². The Hall–Kier alpha value is -1.62. The number of likely N-dealkylation sites (N-methyl/N-ethyl adjacent to an activating group) is 1. The number of anilines is 1. The molecule has 0 aliphatic heterocycles. The summed E-state index contributed by atoms with van der Waals surface area (Å²) in [5.74, 6) is 0.448. The predicted octanol–water partition coefficient (Wildman–Crippen LogP) is 1.42. The summed E-state index contributed by atoms with van der Waals surface area (Å²) in [4.78, 5) is 15.9. The molecule has 0 bridgehead atoms. The van der Waals surface area contributed by atoms with E-state index in [-0.39, 0.29) is 5.91 Å². The second kappa shape index (κ2) is 5.63. The van der Waals surface area contributed by atoms with Gasteiger partial charge in [0.25, 0.3) is 0 Å². The number of nitrogens with zero attached hydrogens (tertiary/aromatic N) is 1. The van der Waals surface area contributed by atoms with E-state index in [1.807, 2.05) is 20.8 Å². The summed E-state index contributed by atoms with van der Waals surface area (Å²) in [7, 11) is 1.75. The van der Waals surface area contributed by atoms with Gasteiger partial charge in [0.05, 0.1) is 24.0 Å². The second-order valence-corrected chi connectivity index (χ2v) is 4.15. The van der Waals surface area contributed by atoms with Crippen molar-refractivity contribution in [3.05, 3.63) is 18.3 Å². The van der Waals surface area contributed by atoms with Gasteiger partial charge in [-0.2, -0.15) is 0 Å². The zero-order valence-electron chi connectivity index (χ0n) is 10.7. The molecule has 17 heavy (non-hydrogen) atoms. The monoisotopic (exact) mass is 237 g/mol. The number of pyridine rings is 1. The molecule has 0 saturated carbocycles. The molecule has 0 aromatic carbocycles. The van der Waals surface area contributed by atoms with Crippen LogP contribution >= 0.6 is 0 Å². The largest absolute Gasteiger partial charge is 0.478 e. The third kappa shape index (κ3) is 3.71. The van der Waals surface area contributed by atoms with Gasteiger partial charge in [-0.25, -0.2) is 4.98 Å². The first-order valence-electron chi connectivity index (χ1n) is 5.59. The summed E-state index contributed by atoms with van der Waals surface area (Å²) in [5, 5.41) is 5.72. The quantitative estimate of drug-likeness (QED) is 0.813. The summed E-state index contributed by atoms with van der Waals surface area (Å²) in [6.45, 7) is 6.09. The van der Waals surface area contributed by atoms with Gasteiger partial charge in [0.2, 0.25) is 11.8 Å². The van der Waals surface area contributed by atoms with Gasteiger partial charge in [0, 0.05) is 6.07 Å². The summed E-state index contributed by atoms with van der Waals surface area (Å²) in [6, 6.07) is 3.49. The van der Waals surface area contributed by atoms with Crippen molar-refractivity contribution in [3.8, 4) is 5.88 Å². The minimum Gasteiger partial charge on any atom is -0.478 e. The first-order chi connectivity index (χ1) is 7.99. The van der Waals surface area contributed by atoms with E-state index in [0.717, 1.165) is 0 Å². The lowest BCUT2D eigenvalue weighted by Gasteiger charge is -2.22. The third-order valence-corrected chi connectivity index (χ3v) is 2.48. The maximum absolute atomic E-state index is 11.8. The van der Waals surface area contributed by atoms with Gasteiger partial charge in [-0.15, -0.1) is 0 Å². The van der Waals surface area contributed by atoms with Crippen molar-refractivity contribution in [1.29, 1.82) is 0 Å². The smallest absolute Gasteiger partial charge is 0.244 e. The van der Waals surface area contributed by atoms with E-state index in [9.17, 15) is 4.79 Å². The van der Waals surface area contributed by atoms with E-state index >= 15 is 0 Å². The lowest BCUT2D eigenvalue weighted by Crippen LogP contribution is -2.47. The number of rotatable bonds is 5. The van der Waals surface area contributed by atoms with Gasteiger partial charge in [0.15, 0.2) is 0 Å². The lowest BCUT2D eigenvalue weighted by atomic mass is 10.1. The molecule has 5 nitrogen and oxygen atoms in total. The molecule has 0 atom stereocenters. The van der Waals surface area contributed by atoms with Crippen LogP contribution in [0.3, 0.4) is 0 Å². The number of aromatic nitrogens is 1. The molecular weight excluding hydrogens is 218 g/mol. The van der Waals surface area contributed by atoms with Crippen molar-refractivity contribution >= 4 is 11.6 Å². The lowest BCUT2D eigenvalue weighted by molar-refractivity contribution is -0.121. The molecule has 0 aliphatic rings.